The SMILES string of the molecule is O=C(O)c1cnc(N2CCC[C@@H](Oc3ccccc3)C2)c2ccnn12. The predicted octanol–water partition coefficient (Wildman–Crippen LogP) is 2.48. The summed E-state index contributed by atoms with van der Waals surface area (Å²) in [6, 6.07) is 11.6. The second-order valence-electron chi connectivity index (χ2n) is 6.04. The molecule has 0 unspecified atom stereocenters. The van der Waals surface area contributed by atoms with E-state index in [2.05, 4.69) is 15.0 Å². The van der Waals surface area contributed by atoms with Gasteiger partial charge in [0.05, 0.1) is 18.9 Å². The molecule has 7 heteroatoms. The summed E-state index contributed by atoms with van der Waals surface area (Å²) in [5.41, 5.74) is 0.748. The van der Waals surface area contributed by atoms with Gasteiger partial charge in [-0.3, -0.25) is 0 Å². The van der Waals surface area contributed by atoms with Crippen LogP contribution < -0.4 is 9.64 Å². The first-order valence-corrected chi connectivity index (χ1v) is 8.25. The number of nitrogens with zero attached hydrogens (tertiary/aromatic N) is 4. The number of hydrogen-bond donors (Lipinski definition) is 1. The third kappa shape index (κ3) is 3.00. The smallest absolute Gasteiger partial charge is 0.356 e. The Morgan fingerprint density at radius 2 is 2.08 bits per heavy atom. The lowest BCUT2D eigenvalue weighted by atomic mass is 10.1. The van der Waals surface area contributed by atoms with Crippen LogP contribution in [0.2, 0.25) is 0 Å². The highest BCUT2D eigenvalue weighted by molar-refractivity contribution is 5.87. The number of carboxylic acid groups (broad SMARTS) is 1. The Morgan fingerprint density at radius 1 is 1.24 bits per heavy atom. The van der Waals surface area contributed by atoms with Crippen molar-refractivity contribution in [2.24, 2.45) is 0 Å². The molecule has 3 heterocycles. The molecule has 1 saturated heterocycles. The van der Waals surface area contributed by atoms with Crippen molar-refractivity contribution in [3.63, 3.8) is 0 Å². The highest BCUT2D eigenvalue weighted by Gasteiger charge is 2.25. The second-order valence-corrected chi connectivity index (χ2v) is 6.04. The zero-order valence-corrected chi connectivity index (χ0v) is 13.6. The molecule has 0 aliphatic carbocycles. The van der Waals surface area contributed by atoms with Gasteiger partial charge in [0.1, 0.15) is 17.4 Å². The monoisotopic (exact) mass is 338 g/mol. The fourth-order valence-electron chi connectivity index (χ4n) is 3.22. The number of rotatable bonds is 4. The predicted molar refractivity (Wildman–Crippen MR) is 92.3 cm³/mol. The van der Waals surface area contributed by atoms with Crippen molar-refractivity contribution >= 4 is 17.3 Å². The topological polar surface area (TPSA) is 80.0 Å². The van der Waals surface area contributed by atoms with Crippen molar-refractivity contribution in [2.75, 3.05) is 18.0 Å². The highest BCUT2D eigenvalue weighted by Crippen LogP contribution is 2.25. The molecule has 0 radical (unpaired) electrons. The molecule has 1 fully saturated rings. The van der Waals surface area contributed by atoms with Crippen molar-refractivity contribution in [3.8, 4) is 5.75 Å². The number of carboxylic acids is 1. The number of fused-ring (bicyclic) bond motifs is 1. The van der Waals surface area contributed by atoms with Crippen LogP contribution in [-0.4, -0.2) is 44.9 Å². The second kappa shape index (κ2) is 6.43. The molecule has 1 aliphatic rings. The van der Waals surface area contributed by atoms with Crippen LogP contribution in [0.4, 0.5) is 5.82 Å². The number of ether oxygens (including phenoxy) is 1. The van der Waals surface area contributed by atoms with Gasteiger partial charge in [-0.05, 0) is 31.0 Å². The van der Waals surface area contributed by atoms with E-state index in [0.29, 0.717) is 12.1 Å². The molecule has 0 spiro atoms. The molecule has 4 rings (SSSR count). The van der Waals surface area contributed by atoms with Crippen LogP contribution in [0.25, 0.3) is 5.52 Å². The molecule has 2 aromatic heterocycles. The number of hydrogen-bond acceptors (Lipinski definition) is 5. The first-order valence-electron chi connectivity index (χ1n) is 8.25. The summed E-state index contributed by atoms with van der Waals surface area (Å²) in [5, 5.41) is 13.4. The summed E-state index contributed by atoms with van der Waals surface area (Å²) >= 11 is 0. The Morgan fingerprint density at radius 3 is 2.88 bits per heavy atom. The Kier molecular flexibility index (Phi) is 3.97. The number of aromatic nitrogens is 3. The standard InChI is InChI=1S/C18H18N4O3/c23-18(24)16-11-19-17(15-8-9-20-22(15)16)21-10-4-7-14(12-21)25-13-5-2-1-3-6-13/h1-3,5-6,8-9,11,14H,4,7,10,12H2,(H,23,24)/t14-/m1/s1. The lowest BCUT2D eigenvalue weighted by Gasteiger charge is -2.34. The molecule has 1 N–H and O–H groups in total. The van der Waals surface area contributed by atoms with Crippen LogP contribution in [0, 0.1) is 0 Å². The molecule has 0 saturated carbocycles. The van der Waals surface area contributed by atoms with E-state index in [0.717, 1.165) is 31.0 Å². The molecular formula is C18H18N4O3. The third-order valence-electron chi connectivity index (χ3n) is 4.35. The Labute approximate surface area is 144 Å². The van der Waals surface area contributed by atoms with E-state index in [1.54, 1.807) is 12.3 Å². The van der Waals surface area contributed by atoms with E-state index in [9.17, 15) is 9.90 Å². The molecule has 0 bridgehead atoms. The summed E-state index contributed by atoms with van der Waals surface area (Å²) in [7, 11) is 0. The van der Waals surface area contributed by atoms with Crippen molar-refractivity contribution in [3.05, 3.63) is 54.5 Å². The van der Waals surface area contributed by atoms with E-state index in [4.69, 9.17) is 4.74 Å². The first-order chi connectivity index (χ1) is 12.2. The van der Waals surface area contributed by atoms with E-state index in [1.165, 1.54) is 10.7 Å². The molecule has 1 aliphatic heterocycles. The summed E-state index contributed by atoms with van der Waals surface area (Å²) in [5.74, 6) is 0.554. The van der Waals surface area contributed by atoms with Crippen molar-refractivity contribution < 1.29 is 14.6 Å². The van der Waals surface area contributed by atoms with Crippen LogP contribution in [-0.2, 0) is 0 Å². The normalized spacial score (nSPS) is 17.6. The van der Waals surface area contributed by atoms with Gasteiger partial charge < -0.3 is 14.7 Å². The van der Waals surface area contributed by atoms with Crippen molar-refractivity contribution in [1.29, 1.82) is 0 Å². The number of piperidine rings is 1. The number of para-hydroxylation sites is 1. The molecule has 25 heavy (non-hydrogen) atoms. The number of aromatic carboxylic acids is 1. The molecular weight excluding hydrogens is 320 g/mol. The number of carbonyl (C=O) groups is 1. The quantitative estimate of drug-likeness (QED) is 0.787. The van der Waals surface area contributed by atoms with Crippen LogP contribution in [0.15, 0.2) is 48.8 Å². The van der Waals surface area contributed by atoms with Gasteiger partial charge in [0.2, 0.25) is 0 Å². The zero-order chi connectivity index (χ0) is 17.2. The number of anilines is 1. The summed E-state index contributed by atoms with van der Waals surface area (Å²) in [6.45, 7) is 1.56. The average Bonchev–Trinajstić information content (AvgIpc) is 3.11. The van der Waals surface area contributed by atoms with Gasteiger partial charge in [-0.1, -0.05) is 18.2 Å². The summed E-state index contributed by atoms with van der Waals surface area (Å²) < 4.78 is 7.50. The van der Waals surface area contributed by atoms with Crippen molar-refractivity contribution in [1.82, 2.24) is 14.6 Å². The van der Waals surface area contributed by atoms with Gasteiger partial charge in [0.15, 0.2) is 11.5 Å². The van der Waals surface area contributed by atoms with Gasteiger partial charge in [-0.15, -0.1) is 0 Å². The summed E-state index contributed by atoms with van der Waals surface area (Å²) in [6.07, 6.45) is 4.99. The maximum atomic E-state index is 11.3. The maximum Gasteiger partial charge on any atom is 0.356 e. The summed E-state index contributed by atoms with van der Waals surface area (Å²) in [4.78, 5) is 17.9. The van der Waals surface area contributed by atoms with E-state index >= 15 is 0 Å². The van der Waals surface area contributed by atoms with Gasteiger partial charge in [-0.25, -0.2) is 14.3 Å². The molecule has 1 aromatic carbocycles. The van der Waals surface area contributed by atoms with Crippen LogP contribution in [0.1, 0.15) is 23.3 Å². The van der Waals surface area contributed by atoms with Crippen LogP contribution in [0.3, 0.4) is 0 Å². The fourth-order valence-corrected chi connectivity index (χ4v) is 3.22. The highest BCUT2D eigenvalue weighted by atomic mass is 16.5. The van der Waals surface area contributed by atoms with Gasteiger partial charge in [0.25, 0.3) is 0 Å². The molecule has 0 amide bonds. The van der Waals surface area contributed by atoms with Gasteiger partial charge in [-0.2, -0.15) is 5.10 Å². The lowest BCUT2D eigenvalue weighted by molar-refractivity contribution is 0.0687. The molecule has 7 nitrogen and oxygen atoms in total. The van der Waals surface area contributed by atoms with E-state index in [-0.39, 0.29) is 11.8 Å². The van der Waals surface area contributed by atoms with E-state index < -0.39 is 5.97 Å². The van der Waals surface area contributed by atoms with E-state index in [1.807, 2.05) is 30.3 Å². The van der Waals surface area contributed by atoms with Gasteiger partial charge in [0, 0.05) is 6.54 Å². The third-order valence-corrected chi connectivity index (χ3v) is 4.35. The van der Waals surface area contributed by atoms with Gasteiger partial charge >= 0.3 is 5.97 Å². The first kappa shape index (κ1) is 15.4. The largest absolute Gasteiger partial charge is 0.489 e. The van der Waals surface area contributed by atoms with Crippen molar-refractivity contribution in [2.45, 2.75) is 18.9 Å². The van der Waals surface area contributed by atoms with Crippen LogP contribution in [0.5, 0.6) is 5.75 Å². The molecule has 3 aromatic rings. The Balaban J connectivity index is 1.59. The molecule has 1 atom stereocenters. The Hall–Kier alpha value is -3.09. The number of benzene rings is 1. The minimum Gasteiger partial charge on any atom is -0.489 e. The minimum atomic E-state index is -1.04. The lowest BCUT2D eigenvalue weighted by Crippen LogP contribution is -2.41. The zero-order valence-electron chi connectivity index (χ0n) is 13.6. The Bertz CT molecular complexity index is 894. The van der Waals surface area contributed by atoms with Crippen LogP contribution >= 0.6 is 0 Å². The average molecular weight is 338 g/mol. The fraction of sp³-hybridized carbons (Fsp3) is 0.278. The maximum absolute atomic E-state index is 11.3. The minimum absolute atomic E-state index is 0.0536. The molecule has 128 valence electrons.